The Bertz CT molecular complexity index is 2000. The number of rotatable bonds is 14. The molecule has 54 heavy (non-hydrogen) atoms. The van der Waals surface area contributed by atoms with Crippen LogP contribution in [0, 0.1) is 0 Å². The molecule has 272 valence electrons. The van der Waals surface area contributed by atoms with Crippen molar-refractivity contribution in [3.63, 3.8) is 0 Å². The predicted octanol–water partition coefficient (Wildman–Crippen LogP) is 11.5. The molecule has 0 bridgehead atoms. The molecule has 0 unspecified atom stereocenters. The number of thiocarbonyl (C=S) groups is 1. The number of nitrogens with zero attached hydrogens (tertiary/aromatic N) is 5. The maximum absolute atomic E-state index is 14.7. The fourth-order valence-electron chi connectivity index (χ4n) is 6.44. The van der Waals surface area contributed by atoms with Crippen LogP contribution >= 0.6 is 34.9 Å². The summed E-state index contributed by atoms with van der Waals surface area (Å²) < 4.78 is 0. The van der Waals surface area contributed by atoms with Gasteiger partial charge in [-0.05, 0) is 85.7 Å². The smallest absolute Gasteiger partial charge is 0.266 e. The van der Waals surface area contributed by atoms with Crippen LogP contribution in [0.25, 0.3) is 5.57 Å². The SMILES string of the molecule is CCCCN1C(=O)C(=C(c2ccc(N(c3ccccc3)c3ccccc3)s2)c2cnc(N(c3ccccc3)c3ccccc3)s2)C(=O)N(CCCC)C1=S. The monoisotopic (exact) mass is 767 g/mol. The Hall–Kier alpha value is -5.42. The van der Waals surface area contributed by atoms with E-state index in [2.05, 4.69) is 54.0 Å². The average molecular weight is 768 g/mol. The molecule has 7 rings (SSSR count). The Balaban J connectivity index is 1.43. The minimum Gasteiger partial charge on any atom is -0.302 e. The van der Waals surface area contributed by atoms with Gasteiger partial charge >= 0.3 is 0 Å². The van der Waals surface area contributed by atoms with Crippen LogP contribution in [0.4, 0.5) is 32.9 Å². The van der Waals surface area contributed by atoms with Crippen molar-refractivity contribution in [2.45, 2.75) is 39.5 Å². The van der Waals surface area contributed by atoms with Crippen molar-refractivity contribution < 1.29 is 9.59 Å². The Kier molecular flexibility index (Phi) is 11.7. The maximum atomic E-state index is 14.7. The third-order valence-corrected chi connectivity index (χ3v) is 11.7. The Morgan fingerprint density at radius 3 is 1.48 bits per heavy atom. The predicted molar refractivity (Wildman–Crippen MR) is 228 cm³/mol. The van der Waals surface area contributed by atoms with Crippen molar-refractivity contribution in [3.8, 4) is 0 Å². The van der Waals surface area contributed by atoms with E-state index in [1.807, 2.05) is 103 Å². The summed E-state index contributed by atoms with van der Waals surface area (Å²) in [5.41, 5.74) is 4.59. The number of thiazole rings is 1. The summed E-state index contributed by atoms with van der Waals surface area (Å²) in [6.45, 7) is 5.05. The van der Waals surface area contributed by atoms with Crippen molar-refractivity contribution in [2.75, 3.05) is 22.9 Å². The first-order chi connectivity index (χ1) is 26.5. The molecule has 10 heteroatoms. The largest absolute Gasteiger partial charge is 0.302 e. The molecule has 0 radical (unpaired) electrons. The second-order valence-corrected chi connectivity index (χ2v) is 15.2. The number of unbranched alkanes of at least 4 members (excludes halogenated alkanes) is 2. The second-order valence-electron chi connectivity index (χ2n) is 12.8. The molecule has 0 aliphatic carbocycles. The molecule has 2 aromatic heterocycles. The fourth-order valence-corrected chi connectivity index (χ4v) is 8.99. The molecule has 0 atom stereocenters. The summed E-state index contributed by atoms with van der Waals surface area (Å²) in [5.74, 6) is -0.728. The summed E-state index contributed by atoms with van der Waals surface area (Å²) in [7, 11) is 0. The van der Waals surface area contributed by atoms with Gasteiger partial charge < -0.3 is 4.90 Å². The zero-order chi connectivity index (χ0) is 37.4. The summed E-state index contributed by atoms with van der Waals surface area (Å²) in [6.07, 6.45) is 5.11. The van der Waals surface area contributed by atoms with Gasteiger partial charge in [-0.2, -0.15) is 0 Å². The average Bonchev–Trinajstić information content (AvgIpc) is 3.89. The van der Waals surface area contributed by atoms with E-state index in [-0.39, 0.29) is 22.5 Å². The van der Waals surface area contributed by atoms with Gasteiger partial charge in [0.25, 0.3) is 11.8 Å². The van der Waals surface area contributed by atoms with E-state index >= 15 is 0 Å². The van der Waals surface area contributed by atoms with Gasteiger partial charge in [0.2, 0.25) is 0 Å². The van der Waals surface area contributed by atoms with E-state index in [0.717, 1.165) is 63.2 Å². The van der Waals surface area contributed by atoms with Gasteiger partial charge in [-0.1, -0.05) is 111 Å². The zero-order valence-corrected chi connectivity index (χ0v) is 32.7. The highest BCUT2D eigenvalue weighted by atomic mass is 32.1. The topological polar surface area (TPSA) is 60.0 Å². The van der Waals surface area contributed by atoms with Crippen molar-refractivity contribution in [1.82, 2.24) is 14.8 Å². The van der Waals surface area contributed by atoms with Gasteiger partial charge in [0.1, 0.15) is 10.6 Å². The third kappa shape index (κ3) is 7.64. The Morgan fingerprint density at radius 1 is 0.593 bits per heavy atom. The molecule has 0 N–H and O–H groups in total. The third-order valence-electron chi connectivity index (χ3n) is 9.15. The molecule has 4 aromatic carbocycles. The van der Waals surface area contributed by atoms with Crippen molar-refractivity contribution in [3.05, 3.63) is 155 Å². The Morgan fingerprint density at radius 2 is 1.04 bits per heavy atom. The summed E-state index contributed by atoms with van der Waals surface area (Å²) in [6, 6.07) is 44.7. The normalized spacial score (nSPS) is 13.1. The number of hydrogen-bond donors (Lipinski definition) is 0. The number of aromatic nitrogens is 1. The number of amides is 2. The highest BCUT2D eigenvalue weighted by Gasteiger charge is 2.42. The Labute approximate surface area is 330 Å². The molecule has 1 saturated heterocycles. The van der Waals surface area contributed by atoms with Gasteiger partial charge in [0.05, 0.1) is 4.88 Å². The first-order valence-corrected chi connectivity index (χ1v) is 20.3. The number of benzene rings is 4. The highest BCUT2D eigenvalue weighted by Crippen LogP contribution is 2.46. The zero-order valence-electron chi connectivity index (χ0n) is 30.3. The van der Waals surface area contributed by atoms with Crippen LogP contribution in [-0.2, 0) is 9.59 Å². The van der Waals surface area contributed by atoms with E-state index < -0.39 is 0 Å². The first-order valence-electron chi connectivity index (χ1n) is 18.3. The van der Waals surface area contributed by atoms with E-state index in [1.54, 1.807) is 16.0 Å². The minimum absolute atomic E-state index is 0.122. The fraction of sp³-hybridized carbons (Fsp3) is 0.182. The van der Waals surface area contributed by atoms with Gasteiger partial charge in [0, 0.05) is 52.5 Å². The lowest BCUT2D eigenvalue weighted by Crippen LogP contribution is -2.56. The maximum Gasteiger partial charge on any atom is 0.266 e. The molecular formula is C44H41N5O2S3. The van der Waals surface area contributed by atoms with Gasteiger partial charge in [-0.3, -0.25) is 24.3 Å². The first kappa shape index (κ1) is 36.9. The highest BCUT2D eigenvalue weighted by molar-refractivity contribution is 7.80. The molecule has 6 aromatic rings. The summed E-state index contributed by atoms with van der Waals surface area (Å²) in [4.78, 5) is 43.5. The molecule has 7 nitrogen and oxygen atoms in total. The van der Waals surface area contributed by atoms with Crippen LogP contribution in [0.5, 0.6) is 0 Å². The van der Waals surface area contributed by atoms with E-state index in [4.69, 9.17) is 17.2 Å². The van der Waals surface area contributed by atoms with Gasteiger partial charge in [0.15, 0.2) is 10.2 Å². The quantitative estimate of drug-likeness (QED) is 0.0625. The standard InChI is InChI=1S/C44H41N5O2S3/c1-3-5-29-46-41(50)40(42(51)47(44(46)52)30-6-4-2)39(36-27-28-38(53-36)48(32-19-11-7-12-20-32)33-21-13-8-14-22-33)37-31-45-43(54-37)49(34-23-15-9-16-24-34)35-25-17-10-18-26-35/h7-28,31H,3-6,29-30H2,1-2H3. The van der Waals surface area contributed by atoms with E-state index in [9.17, 15) is 9.59 Å². The number of carbonyl (C=O) groups is 2. The van der Waals surface area contributed by atoms with Crippen LogP contribution in [0.1, 0.15) is 49.3 Å². The molecule has 1 fully saturated rings. The lowest BCUT2D eigenvalue weighted by molar-refractivity contribution is -0.133. The van der Waals surface area contributed by atoms with E-state index in [1.165, 1.54) is 22.7 Å². The number of para-hydroxylation sites is 4. The van der Waals surface area contributed by atoms with E-state index in [0.29, 0.717) is 23.8 Å². The molecule has 1 aliphatic rings. The minimum atomic E-state index is -0.364. The molecule has 1 aliphatic heterocycles. The van der Waals surface area contributed by atoms with Crippen LogP contribution in [0.2, 0.25) is 0 Å². The molecule has 0 saturated carbocycles. The number of carbonyl (C=O) groups excluding carboxylic acids is 2. The van der Waals surface area contributed by atoms with Gasteiger partial charge in [-0.25, -0.2) is 4.98 Å². The van der Waals surface area contributed by atoms with Crippen molar-refractivity contribution >= 4 is 90.3 Å². The lowest BCUT2D eigenvalue weighted by atomic mass is 10.00. The molecule has 2 amide bonds. The summed E-state index contributed by atoms with van der Waals surface area (Å²) >= 11 is 8.86. The molecular weight excluding hydrogens is 727 g/mol. The second kappa shape index (κ2) is 17.2. The van der Waals surface area contributed by atoms with Crippen LogP contribution in [0.15, 0.2) is 145 Å². The van der Waals surface area contributed by atoms with Crippen molar-refractivity contribution in [1.29, 1.82) is 0 Å². The number of thiophene rings is 1. The lowest BCUT2D eigenvalue weighted by Gasteiger charge is -2.37. The van der Waals surface area contributed by atoms with Crippen LogP contribution in [0.3, 0.4) is 0 Å². The van der Waals surface area contributed by atoms with Crippen LogP contribution < -0.4 is 9.80 Å². The van der Waals surface area contributed by atoms with Crippen LogP contribution in [-0.4, -0.2) is 44.8 Å². The number of hydrogen-bond acceptors (Lipinski definition) is 8. The number of anilines is 6. The molecule has 3 heterocycles. The van der Waals surface area contributed by atoms with Gasteiger partial charge in [-0.15, -0.1) is 11.3 Å². The van der Waals surface area contributed by atoms with Crippen molar-refractivity contribution in [2.24, 2.45) is 0 Å². The summed E-state index contributed by atoms with van der Waals surface area (Å²) in [5, 5.41) is 1.94. The molecule has 0 spiro atoms.